The molecule has 2 aromatic rings. The number of carboxylic acid groups (broad SMARTS) is 1. The number of nitrogens with zero attached hydrogens (tertiary/aromatic N) is 4. The quantitative estimate of drug-likeness (QED) is 0.391. The number of piperazine rings is 1. The molecule has 0 bridgehead atoms. The molecule has 2 fully saturated rings. The van der Waals surface area contributed by atoms with Crippen LogP contribution >= 0.6 is 0 Å². The minimum Gasteiger partial charge on any atom is -0.465 e. The van der Waals surface area contributed by atoms with E-state index in [-0.39, 0.29) is 50.8 Å². The van der Waals surface area contributed by atoms with Gasteiger partial charge in [-0.3, -0.25) is 14.4 Å². The number of carbonyl (C=O) groups excluding carboxylic acids is 3. The highest BCUT2D eigenvalue weighted by Crippen LogP contribution is 2.27. The van der Waals surface area contributed by atoms with Gasteiger partial charge in [0.15, 0.2) is 0 Å². The maximum absolute atomic E-state index is 13.7. The molecule has 0 spiro atoms. The minimum atomic E-state index is -1.05. The average molecular weight is 596 g/mol. The predicted molar refractivity (Wildman–Crippen MR) is 160 cm³/mol. The van der Waals surface area contributed by atoms with Crippen LogP contribution < -0.4 is 10.2 Å². The van der Waals surface area contributed by atoms with E-state index < -0.39 is 35.5 Å². The molecule has 1 aromatic carbocycles. The largest absolute Gasteiger partial charge is 0.465 e. The number of piperidine rings is 1. The Kier molecular flexibility index (Phi) is 10.2. The van der Waals surface area contributed by atoms with Gasteiger partial charge in [0, 0.05) is 56.9 Å². The summed E-state index contributed by atoms with van der Waals surface area (Å²) in [6, 6.07) is 12.0. The highest BCUT2D eigenvalue weighted by Gasteiger charge is 2.32. The average Bonchev–Trinajstić information content (AvgIpc) is 2.98. The van der Waals surface area contributed by atoms with E-state index in [0.29, 0.717) is 31.6 Å². The smallest absolute Gasteiger partial charge is 0.407 e. The Morgan fingerprint density at radius 3 is 2.21 bits per heavy atom. The van der Waals surface area contributed by atoms with Crippen molar-refractivity contribution in [1.82, 2.24) is 20.1 Å². The van der Waals surface area contributed by atoms with Gasteiger partial charge < -0.3 is 35.0 Å². The van der Waals surface area contributed by atoms with E-state index in [1.54, 1.807) is 26.8 Å². The van der Waals surface area contributed by atoms with Crippen LogP contribution in [0.25, 0.3) is 11.3 Å². The van der Waals surface area contributed by atoms with Crippen LogP contribution in [0.15, 0.2) is 42.5 Å². The van der Waals surface area contributed by atoms with Gasteiger partial charge in [-0.15, -0.1) is 0 Å². The van der Waals surface area contributed by atoms with Crippen molar-refractivity contribution in [2.24, 2.45) is 0 Å². The maximum Gasteiger partial charge on any atom is 0.407 e. The first-order valence-electron chi connectivity index (χ1n) is 14.7. The zero-order valence-corrected chi connectivity index (χ0v) is 25.0. The van der Waals surface area contributed by atoms with E-state index in [9.17, 15) is 29.4 Å². The van der Waals surface area contributed by atoms with Gasteiger partial charge in [0.25, 0.3) is 5.91 Å². The summed E-state index contributed by atoms with van der Waals surface area (Å²) in [6.45, 7) is 7.17. The van der Waals surface area contributed by atoms with E-state index in [1.165, 1.54) is 9.80 Å². The van der Waals surface area contributed by atoms with Crippen molar-refractivity contribution in [2.45, 2.75) is 64.2 Å². The lowest BCUT2D eigenvalue weighted by atomic mass is 10.1. The predicted octanol–water partition coefficient (Wildman–Crippen LogP) is 2.75. The fourth-order valence-electron chi connectivity index (χ4n) is 5.18. The van der Waals surface area contributed by atoms with Gasteiger partial charge in [-0.25, -0.2) is 9.78 Å². The summed E-state index contributed by atoms with van der Waals surface area (Å²) in [5.41, 5.74) is 1.62. The Morgan fingerprint density at radius 2 is 1.60 bits per heavy atom. The standard InChI is InChI=1S/C31H41N5O7/c1-31(2,3)43-27(38)10-9-24(29(40)35-15-17-36(18-16-35)30(41)42)33-28(39)26-20-22(34-13-11-23(37)12-14-34)19-25(32-26)21-7-5-4-6-8-21/h4-8,19-20,23-24,37H,9-18H2,1-3H3,(H,33,39)(H,41,42)/t24-/m0/s1. The van der Waals surface area contributed by atoms with Gasteiger partial charge in [0.2, 0.25) is 5.91 Å². The second kappa shape index (κ2) is 13.9. The third-order valence-corrected chi connectivity index (χ3v) is 7.46. The summed E-state index contributed by atoms with van der Waals surface area (Å²) in [5.74, 6) is -1.46. The van der Waals surface area contributed by atoms with E-state index >= 15 is 0 Å². The number of hydrogen-bond donors (Lipinski definition) is 3. The van der Waals surface area contributed by atoms with Gasteiger partial charge in [-0.05, 0) is 52.2 Å². The number of amides is 3. The molecular weight excluding hydrogens is 554 g/mol. The topological polar surface area (TPSA) is 153 Å². The van der Waals surface area contributed by atoms with Crippen molar-refractivity contribution in [3.05, 3.63) is 48.2 Å². The Labute approximate surface area is 251 Å². The third kappa shape index (κ3) is 8.90. The highest BCUT2D eigenvalue weighted by molar-refractivity contribution is 5.97. The minimum absolute atomic E-state index is 0.00782. The number of ether oxygens (including phenoxy) is 1. The van der Waals surface area contributed by atoms with Crippen LogP contribution in [0.4, 0.5) is 10.5 Å². The van der Waals surface area contributed by atoms with Gasteiger partial charge in [0.1, 0.15) is 17.3 Å². The third-order valence-electron chi connectivity index (χ3n) is 7.46. The summed E-state index contributed by atoms with van der Waals surface area (Å²) in [6.07, 6.45) is -0.272. The fourth-order valence-corrected chi connectivity index (χ4v) is 5.18. The molecule has 0 unspecified atom stereocenters. The van der Waals surface area contributed by atoms with E-state index in [2.05, 4.69) is 15.2 Å². The molecule has 2 aliphatic rings. The van der Waals surface area contributed by atoms with Crippen molar-refractivity contribution in [3.8, 4) is 11.3 Å². The fraction of sp³-hybridized carbons (Fsp3) is 0.516. The molecule has 0 aliphatic carbocycles. The number of nitrogens with one attached hydrogen (secondary N) is 1. The molecule has 2 saturated heterocycles. The first kappa shape index (κ1) is 31.7. The van der Waals surface area contributed by atoms with E-state index in [1.807, 2.05) is 36.4 Å². The normalized spacial score (nSPS) is 16.9. The Morgan fingerprint density at radius 1 is 0.977 bits per heavy atom. The van der Waals surface area contributed by atoms with Gasteiger partial charge in [-0.1, -0.05) is 30.3 Å². The first-order valence-corrected chi connectivity index (χ1v) is 14.7. The number of hydrogen-bond acceptors (Lipinski definition) is 8. The van der Waals surface area contributed by atoms with Crippen molar-refractivity contribution in [1.29, 1.82) is 0 Å². The van der Waals surface area contributed by atoms with Crippen LogP contribution in [-0.2, 0) is 14.3 Å². The molecule has 232 valence electrons. The molecule has 0 radical (unpaired) electrons. The lowest BCUT2D eigenvalue weighted by Crippen LogP contribution is -2.55. The Hall–Kier alpha value is -4.19. The molecule has 43 heavy (non-hydrogen) atoms. The second-order valence-electron chi connectivity index (χ2n) is 11.9. The summed E-state index contributed by atoms with van der Waals surface area (Å²) >= 11 is 0. The molecule has 12 nitrogen and oxygen atoms in total. The van der Waals surface area contributed by atoms with Crippen molar-refractivity contribution in [3.63, 3.8) is 0 Å². The zero-order valence-electron chi connectivity index (χ0n) is 25.0. The summed E-state index contributed by atoms with van der Waals surface area (Å²) in [4.78, 5) is 60.7. The monoisotopic (exact) mass is 595 g/mol. The Bertz CT molecular complexity index is 1300. The van der Waals surface area contributed by atoms with Gasteiger partial charge >= 0.3 is 12.1 Å². The van der Waals surface area contributed by atoms with E-state index in [4.69, 9.17) is 4.74 Å². The number of esters is 1. The maximum atomic E-state index is 13.7. The van der Waals surface area contributed by atoms with Crippen LogP contribution in [0.3, 0.4) is 0 Å². The molecule has 3 heterocycles. The molecule has 12 heteroatoms. The second-order valence-corrected chi connectivity index (χ2v) is 11.9. The lowest BCUT2D eigenvalue weighted by Gasteiger charge is -2.35. The molecule has 2 aliphatic heterocycles. The van der Waals surface area contributed by atoms with Crippen molar-refractivity contribution < 1.29 is 34.1 Å². The van der Waals surface area contributed by atoms with Gasteiger partial charge in [-0.2, -0.15) is 0 Å². The number of carbonyl (C=O) groups is 4. The number of aliphatic hydroxyl groups excluding tert-OH is 1. The number of rotatable bonds is 8. The SMILES string of the molecule is CC(C)(C)OC(=O)CC[C@H](NC(=O)c1cc(N2CCC(O)CC2)cc(-c2ccccc2)n1)C(=O)N1CCN(C(=O)O)CC1. The van der Waals surface area contributed by atoms with E-state index in [0.717, 1.165) is 11.3 Å². The number of benzene rings is 1. The highest BCUT2D eigenvalue weighted by atomic mass is 16.6. The molecule has 0 saturated carbocycles. The molecule has 3 N–H and O–H groups in total. The molecule has 4 rings (SSSR count). The van der Waals surface area contributed by atoms with Crippen LogP contribution in [-0.4, -0.2) is 106 Å². The first-order chi connectivity index (χ1) is 20.4. The summed E-state index contributed by atoms with van der Waals surface area (Å²) in [7, 11) is 0. The molecule has 1 atom stereocenters. The van der Waals surface area contributed by atoms with Crippen LogP contribution in [0.2, 0.25) is 0 Å². The van der Waals surface area contributed by atoms with Crippen molar-refractivity contribution >= 4 is 29.6 Å². The molecular formula is C31H41N5O7. The number of aliphatic hydroxyl groups is 1. The summed E-state index contributed by atoms with van der Waals surface area (Å²) in [5, 5.41) is 22.1. The summed E-state index contributed by atoms with van der Waals surface area (Å²) < 4.78 is 5.41. The van der Waals surface area contributed by atoms with Crippen molar-refractivity contribution in [2.75, 3.05) is 44.2 Å². The van der Waals surface area contributed by atoms with Crippen LogP contribution in [0, 0.1) is 0 Å². The zero-order chi connectivity index (χ0) is 31.1. The number of pyridine rings is 1. The molecule has 3 amide bonds. The van der Waals surface area contributed by atoms with Crippen LogP contribution in [0.1, 0.15) is 56.9 Å². The lowest BCUT2D eigenvalue weighted by molar-refractivity contribution is -0.155. The molecule has 1 aromatic heterocycles. The Balaban J connectivity index is 1.58. The number of aromatic nitrogens is 1. The van der Waals surface area contributed by atoms with Gasteiger partial charge in [0.05, 0.1) is 11.8 Å². The number of anilines is 1. The van der Waals surface area contributed by atoms with Crippen LogP contribution in [0.5, 0.6) is 0 Å².